The van der Waals surface area contributed by atoms with Gasteiger partial charge in [0.25, 0.3) is 30.1 Å². The predicted octanol–water partition coefficient (Wildman–Crippen LogP) is 16.0. The van der Waals surface area contributed by atoms with Gasteiger partial charge in [-0.25, -0.2) is 40.1 Å². The molecule has 0 radical (unpaired) electrons. The van der Waals surface area contributed by atoms with E-state index in [-0.39, 0.29) is 165 Å². The van der Waals surface area contributed by atoms with Crippen LogP contribution in [0.25, 0.3) is 0 Å². The van der Waals surface area contributed by atoms with Crippen LogP contribution in [-0.2, 0) is 45.0 Å². The van der Waals surface area contributed by atoms with Gasteiger partial charge in [-0.3, -0.25) is 43.3 Å². The monoisotopic (exact) mass is 1970 g/mol. The third kappa shape index (κ3) is 21.4. The number of carbonyl (C=O) groups is 8. The third-order valence-corrected chi connectivity index (χ3v) is 30.3. The Morgan fingerprint density at radius 2 is 0.971 bits per heavy atom. The Kier molecular flexibility index (Phi) is 27.2. The molecule has 2 unspecified atom stereocenters. The highest BCUT2D eigenvalue weighted by Gasteiger charge is 2.71. The van der Waals surface area contributed by atoms with Gasteiger partial charge < -0.3 is 65.0 Å². The number of nitrogens with zero attached hydrogens (tertiary/aromatic N) is 2. The maximum Gasteiger partial charge on any atom is 0.416 e. The number of Topliss-reactive ketones (excluding diaryl/α,β-unsaturated/α-hetero) is 4. The smallest absolute Gasteiger partial charge is 0.416 e. The minimum absolute atomic E-state index is 0.00470. The van der Waals surface area contributed by atoms with Crippen molar-refractivity contribution in [2.75, 3.05) is 19.5 Å². The van der Waals surface area contributed by atoms with E-state index in [1.54, 1.807) is 68.4 Å². The van der Waals surface area contributed by atoms with Crippen molar-refractivity contribution in [2.45, 2.75) is 240 Å². The molecule has 11 fully saturated rings. The lowest BCUT2D eigenvalue weighted by Crippen LogP contribution is -2.75. The molecule has 138 heavy (non-hydrogen) atoms. The van der Waals surface area contributed by atoms with Crippen LogP contribution in [0.4, 0.5) is 35.1 Å². The molecule has 12 atom stereocenters. The molecular formula is C101H103Cl2F8N7O19S. The van der Waals surface area contributed by atoms with Gasteiger partial charge in [-0.1, -0.05) is 70.7 Å². The van der Waals surface area contributed by atoms with Crippen molar-refractivity contribution in [3.8, 4) is 34.5 Å². The largest absolute Gasteiger partial charge is 0.484 e. The van der Waals surface area contributed by atoms with Gasteiger partial charge in [0.05, 0.1) is 53.6 Å². The van der Waals surface area contributed by atoms with Crippen LogP contribution in [-0.4, -0.2) is 147 Å². The molecule has 8 N–H and O–H groups in total. The summed E-state index contributed by atoms with van der Waals surface area (Å²) in [6.07, 6.45) is 0.836. The Balaban J connectivity index is 0.000000127. The molecule has 37 heteroatoms. The zero-order valence-electron chi connectivity index (χ0n) is 75.8. The fraction of sp³-hybridized carbons (Fsp3) is 0.465. The first-order valence-corrected chi connectivity index (χ1v) is 48.4. The summed E-state index contributed by atoms with van der Waals surface area (Å²) in [5.74, 6) is -0.194. The van der Waals surface area contributed by atoms with E-state index in [1.807, 2.05) is 38.1 Å². The van der Waals surface area contributed by atoms with Crippen LogP contribution in [0.2, 0.25) is 10.0 Å². The zero-order chi connectivity index (χ0) is 98.4. The number of benzene rings is 7. The second kappa shape index (κ2) is 38.1. The fourth-order valence-corrected chi connectivity index (χ4v) is 24.1. The Labute approximate surface area is 799 Å². The van der Waals surface area contributed by atoms with Crippen molar-refractivity contribution < 1.29 is 126 Å². The highest BCUT2D eigenvalue weighted by atomic mass is 35.5. The molecule has 15 aliphatic rings. The average molecular weight is 1970 g/mol. The van der Waals surface area contributed by atoms with E-state index >= 15 is 0 Å². The standard InChI is InChI=1S/C27H28F3NO4.C26H28ClFN2O6S.C25H24ClF2NO5.C23H23F2N3O4/c1-14-2-7-24-20(8-14)23(33)13-25(35-24)26(34)31-21-11-16-9-18(21)10-17(16)12-22(32)15-3-5-19(6-4-15)27(28,29)30;1-15-3-5-17(8-19(15)28)35-11-24(32)29-26-12-25(13-26,14-26)10-21(31)23-9-20(30-37(2,33)34)18-7-16(27)4-6-22(18)36-23;1-13-2-3-14(4-17(13)27)33-9-23(32)29-25-10-24(11-25,12-25)8-20(31)22-7-19(30)15-5-16(26)18(28)6-21(15)34-22;1-12-2-3-18-13(4-12)16(29)5-19(32-18)17(30)6-22-9-23(10-22,11-22)28-21(31)15-8-26-14(7-27-15)20(24)25/h2-8,16-18,21,23,25,33H,9-13H2,1H3,(H,31,34);3-8,20,23,30H,9-14H2,1-2H3,(H,29,32);2-6,19,22,30H,7-12H2,1H3,(H,29,32);2-4,7-8,16,19-20,29H,5-6,9-11H2,1H3,(H,28,31)/t16-,17-,18-,21+,23+,25+;;19-,22+,24?,25?;16-,19-,22?,23?/m0.01/s1. The van der Waals surface area contributed by atoms with E-state index in [4.69, 9.17) is 51.6 Å². The summed E-state index contributed by atoms with van der Waals surface area (Å²) in [4.78, 5) is 109. The Morgan fingerprint density at radius 3 is 1.43 bits per heavy atom. The molecule has 23 rings (SSSR count). The minimum Gasteiger partial charge on any atom is -0.484 e. The number of hydrogen-bond donors (Lipinski definition) is 8. The highest BCUT2D eigenvalue weighted by Crippen LogP contribution is 2.71. The lowest BCUT2D eigenvalue weighted by atomic mass is 9.38. The first-order valence-electron chi connectivity index (χ1n) is 45.8. The summed E-state index contributed by atoms with van der Waals surface area (Å²) in [7, 11) is -3.52. The number of aryl methyl sites for hydroxylation is 4. The summed E-state index contributed by atoms with van der Waals surface area (Å²) < 4.78 is 165. The first-order chi connectivity index (χ1) is 65.2. The molecule has 11 aliphatic carbocycles. The molecule has 26 nitrogen and oxygen atoms in total. The van der Waals surface area contributed by atoms with Crippen molar-refractivity contribution in [3.63, 3.8) is 0 Å². The van der Waals surface area contributed by atoms with Gasteiger partial charge in [0.2, 0.25) is 10.0 Å². The topological polar surface area (TPSA) is 373 Å². The maximum absolute atomic E-state index is 13.8. The summed E-state index contributed by atoms with van der Waals surface area (Å²) in [6.45, 7) is 6.73. The third-order valence-electron chi connectivity index (χ3n) is 29.1. The van der Waals surface area contributed by atoms with E-state index in [2.05, 4.69) is 36.0 Å². The lowest BCUT2D eigenvalue weighted by Gasteiger charge is -2.70. The summed E-state index contributed by atoms with van der Waals surface area (Å²) in [5, 5.41) is 43.6. The average Bonchev–Trinajstić information content (AvgIpc) is 0.703. The number of ether oxygens (including phenoxy) is 6. The van der Waals surface area contributed by atoms with Gasteiger partial charge in [0.15, 0.2) is 60.8 Å². The highest BCUT2D eigenvalue weighted by molar-refractivity contribution is 7.88. The molecule has 0 spiro atoms. The minimum atomic E-state index is -4.42. The van der Waals surface area contributed by atoms with Crippen molar-refractivity contribution in [1.82, 2.24) is 36.0 Å². The van der Waals surface area contributed by atoms with Crippen LogP contribution >= 0.6 is 23.2 Å². The number of aliphatic hydroxyl groups is 3. The van der Waals surface area contributed by atoms with E-state index in [9.17, 15) is 97.2 Å². The Morgan fingerprint density at radius 1 is 0.507 bits per heavy atom. The summed E-state index contributed by atoms with van der Waals surface area (Å²) >= 11 is 11.9. The van der Waals surface area contributed by atoms with Crippen molar-refractivity contribution in [3.05, 3.63) is 234 Å². The number of halogens is 10. The number of nitrogens with one attached hydrogen (secondary N) is 5. The van der Waals surface area contributed by atoms with Gasteiger partial charge in [-0.15, -0.1) is 0 Å². The molecule has 1 aromatic heterocycles. The summed E-state index contributed by atoms with van der Waals surface area (Å²) in [6, 6.07) is 31.1. The quantitative estimate of drug-likeness (QED) is 0.0175. The maximum atomic E-state index is 13.8. The van der Waals surface area contributed by atoms with Gasteiger partial charge in [0.1, 0.15) is 63.3 Å². The van der Waals surface area contributed by atoms with Gasteiger partial charge in [0, 0.05) is 125 Å². The predicted molar refractivity (Wildman–Crippen MR) is 484 cm³/mol. The lowest BCUT2D eigenvalue weighted by molar-refractivity contribution is -0.177. The van der Waals surface area contributed by atoms with Crippen LogP contribution in [0, 0.1) is 79.1 Å². The molecule has 8 bridgehead atoms. The number of fused-ring (bicyclic) bond motifs is 6. The molecular weight excluding hydrogens is 1870 g/mol. The van der Waals surface area contributed by atoms with Crippen molar-refractivity contribution in [2.24, 2.45) is 34.0 Å². The SMILES string of the molecule is Cc1ccc(OCC(=O)NC23CC(CC(=O)C4CC(NS(C)(=O)=O)c5cc(Cl)ccc5O4)(C2)C3)cc1F.Cc1ccc(OCC(=O)NC23CC(CC(=O)[C@H]4C[C@H](O)c5cc(Cl)c(F)cc5O4)(C2)C3)cc1F.Cc1ccc2c(c1)[C@H](O)C[C@H](C(=O)CC13CC(NC(=O)c4cnc(C(F)F)cn4)(C1)C3)O2.Cc1ccc2c(c1)[C@H](O)C[C@H](C(=O)N[C@@H]1C[C@@H]3C[C@H]1C[C@H]3CC(=O)c1ccc(C(F)(F)F)cc1)O2. The molecule has 8 aromatic rings. The van der Waals surface area contributed by atoms with Gasteiger partial charge >= 0.3 is 6.18 Å². The van der Waals surface area contributed by atoms with Gasteiger partial charge in [-0.2, -0.15) is 13.2 Å². The normalized spacial score (nSPS) is 28.9. The zero-order valence-corrected chi connectivity index (χ0v) is 78.1. The van der Waals surface area contributed by atoms with Crippen LogP contribution < -0.4 is 54.4 Å². The van der Waals surface area contributed by atoms with E-state index in [1.165, 1.54) is 30.3 Å². The van der Waals surface area contributed by atoms with Gasteiger partial charge in [-0.05, 0) is 223 Å². The van der Waals surface area contributed by atoms with Crippen LogP contribution in [0.15, 0.2) is 140 Å². The Hall–Kier alpha value is -11.2. The van der Waals surface area contributed by atoms with E-state index < -0.39 is 106 Å². The fourth-order valence-electron chi connectivity index (χ4n) is 23.0. The molecule has 5 heterocycles. The number of rotatable bonds is 27. The number of hydrogen-bond acceptors (Lipinski definition) is 21. The number of alkyl halides is 5. The number of ketones is 4. The van der Waals surface area contributed by atoms with Crippen LogP contribution in [0.1, 0.15) is 236 Å². The molecule has 732 valence electrons. The van der Waals surface area contributed by atoms with E-state index in [0.717, 1.165) is 67.2 Å². The first kappa shape index (κ1) is 98.4. The number of sulfonamides is 1. The Bertz CT molecular complexity index is 6220. The number of amides is 4. The molecule has 11 saturated carbocycles. The van der Waals surface area contributed by atoms with Crippen LogP contribution in [0.5, 0.6) is 34.5 Å². The second-order valence-corrected chi connectivity index (χ2v) is 42.8. The molecule has 7 aromatic carbocycles. The molecule has 4 aliphatic heterocycles. The second-order valence-electron chi connectivity index (χ2n) is 40.2. The number of aliphatic hydroxyl groups excluding tert-OH is 3. The van der Waals surface area contributed by atoms with Crippen molar-refractivity contribution >= 4 is 80.0 Å². The molecule has 0 saturated heterocycles. The molecule has 4 amide bonds. The van der Waals surface area contributed by atoms with Crippen LogP contribution in [0.3, 0.4) is 0 Å². The number of carbonyl (C=O) groups excluding carboxylic acids is 8. The summed E-state index contributed by atoms with van der Waals surface area (Å²) in [5.41, 5.74) is 2.90. The number of aromatic nitrogens is 2. The van der Waals surface area contributed by atoms with Crippen molar-refractivity contribution in [1.29, 1.82) is 0 Å². The van der Waals surface area contributed by atoms with E-state index in [0.29, 0.717) is 144 Å².